The largest absolute Gasteiger partial charge is 0.426 e. The van der Waals surface area contributed by atoms with Crippen LogP contribution in [0.15, 0.2) is 18.2 Å². The Bertz CT molecular complexity index is 294. The van der Waals surface area contributed by atoms with Crippen LogP contribution < -0.4 is 4.18 Å². The van der Waals surface area contributed by atoms with Crippen LogP contribution in [0.3, 0.4) is 0 Å². The first-order chi connectivity index (χ1) is 6.70. The van der Waals surface area contributed by atoms with Crippen LogP contribution in [0.2, 0.25) is 0 Å². The predicted octanol–water partition coefficient (Wildman–Crippen LogP) is 4.03. The molecule has 0 bridgehead atoms. The van der Waals surface area contributed by atoms with Gasteiger partial charge in [-0.25, -0.2) is 0 Å². The number of aryl methyl sites for hydroxylation is 1. The standard InChI is InChI=1S/C12H18OS/c1-5-10-7-6-8-11(13-14-4)12(10)9(2)3/h6-9H,5H2,1-4H3. The first-order valence-corrected chi connectivity index (χ1v) is 6.18. The normalized spacial score (nSPS) is 10.6. The highest BCUT2D eigenvalue weighted by Crippen LogP contribution is 2.31. The lowest BCUT2D eigenvalue weighted by atomic mass is 9.95. The average molecular weight is 210 g/mol. The Balaban J connectivity index is 3.14. The average Bonchev–Trinajstić information content (AvgIpc) is 2.17. The number of hydrogen-bond donors (Lipinski definition) is 0. The van der Waals surface area contributed by atoms with Crippen LogP contribution in [0.4, 0.5) is 0 Å². The maximum Gasteiger partial charge on any atom is 0.141 e. The fourth-order valence-electron chi connectivity index (χ4n) is 1.72. The van der Waals surface area contributed by atoms with Crippen LogP contribution in [0, 0.1) is 0 Å². The molecule has 0 radical (unpaired) electrons. The van der Waals surface area contributed by atoms with Crippen LogP contribution in [-0.4, -0.2) is 6.26 Å². The minimum Gasteiger partial charge on any atom is -0.426 e. The zero-order valence-electron chi connectivity index (χ0n) is 9.33. The highest BCUT2D eigenvalue weighted by atomic mass is 32.2. The smallest absolute Gasteiger partial charge is 0.141 e. The number of hydrogen-bond acceptors (Lipinski definition) is 2. The second kappa shape index (κ2) is 5.30. The van der Waals surface area contributed by atoms with E-state index in [1.54, 1.807) is 0 Å². The summed E-state index contributed by atoms with van der Waals surface area (Å²) >= 11 is 1.41. The maximum atomic E-state index is 5.56. The molecule has 0 aromatic heterocycles. The molecule has 0 fully saturated rings. The van der Waals surface area contributed by atoms with Crippen molar-refractivity contribution >= 4 is 12.0 Å². The summed E-state index contributed by atoms with van der Waals surface area (Å²) in [5.74, 6) is 1.54. The first kappa shape index (κ1) is 11.4. The fraction of sp³-hybridized carbons (Fsp3) is 0.500. The van der Waals surface area contributed by atoms with E-state index < -0.39 is 0 Å². The molecule has 78 valence electrons. The minimum atomic E-state index is 0.522. The van der Waals surface area contributed by atoms with Gasteiger partial charge in [-0.3, -0.25) is 0 Å². The van der Waals surface area contributed by atoms with Crippen molar-refractivity contribution in [3.05, 3.63) is 29.3 Å². The molecule has 0 heterocycles. The van der Waals surface area contributed by atoms with Crippen molar-refractivity contribution in [1.29, 1.82) is 0 Å². The molecule has 1 rings (SSSR count). The van der Waals surface area contributed by atoms with E-state index in [0.29, 0.717) is 5.92 Å². The second-order valence-electron chi connectivity index (χ2n) is 3.59. The molecule has 0 aliphatic rings. The highest BCUT2D eigenvalue weighted by Gasteiger charge is 2.11. The number of benzene rings is 1. The third-order valence-electron chi connectivity index (χ3n) is 2.29. The van der Waals surface area contributed by atoms with Crippen LogP contribution in [-0.2, 0) is 6.42 Å². The molecular weight excluding hydrogens is 192 g/mol. The molecule has 0 saturated carbocycles. The highest BCUT2D eigenvalue weighted by molar-refractivity contribution is 7.94. The van der Waals surface area contributed by atoms with Crippen molar-refractivity contribution in [2.45, 2.75) is 33.1 Å². The summed E-state index contributed by atoms with van der Waals surface area (Å²) in [6, 6.07) is 6.30. The topological polar surface area (TPSA) is 9.23 Å². The first-order valence-electron chi connectivity index (χ1n) is 5.03. The van der Waals surface area contributed by atoms with Crippen molar-refractivity contribution in [2.24, 2.45) is 0 Å². The van der Waals surface area contributed by atoms with Crippen molar-refractivity contribution in [3.63, 3.8) is 0 Å². The Kier molecular flexibility index (Phi) is 4.33. The van der Waals surface area contributed by atoms with Gasteiger partial charge in [0, 0.05) is 11.8 Å². The maximum absolute atomic E-state index is 5.56. The third-order valence-corrected chi connectivity index (χ3v) is 2.63. The van der Waals surface area contributed by atoms with Gasteiger partial charge in [0.1, 0.15) is 5.75 Å². The van der Waals surface area contributed by atoms with Gasteiger partial charge in [0.25, 0.3) is 0 Å². The van der Waals surface area contributed by atoms with Crippen molar-refractivity contribution in [3.8, 4) is 5.75 Å². The van der Waals surface area contributed by atoms with E-state index in [0.717, 1.165) is 12.2 Å². The second-order valence-corrected chi connectivity index (χ2v) is 4.09. The summed E-state index contributed by atoms with van der Waals surface area (Å²) in [6.45, 7) is 6.60. The van der Waals surface area contributed by atoms with E-state index in [2.05, 4.69) is 32.9 Å². The van der Waals surface area contributed by atoms with Gasteiger partial charge in [-0.15, -0.1) is 0 Å². The van der Waals surface area contributed by atoms with Crippen LogP contribution in [0.1, 0.15) is 37.8 Å². The van der Waals surface area contributed by atoms with Crippen molar-refractivity contribution in [2.75, 3.05) is 6.26 Å². The monoisotopic (exact) mass is 210 g/mol. The van der Waals surface area contributed by atoms with Gasteiger partial charge in [0.2, 0.25) is 0 Å². The fourth-order valence-corrected chi connectivity index (χ4v) is 2.04. The summed E-state index contributed by atoms with van der Waals surface area (Å²) in [6.07, 6.45) is 3.02. The molecule has 0 saturated heterocycles. The van der Waals surface area contributed by atoms with E-state index in [-0.39, 0.29) is 0 Å². The molecule has 0 atom stereocenters. The van der Waals surface area contributed by atoms with Gasteiger partial charge in [0.05, 0.1) is 12.0 Å². The van der Waals surface area contributed by atoms with Crippen LogP contribution in [0.25, 0.3) is 0 Å². The quantitative estimate of drug-likeness (QED) is 0.694. The summed E-state index contributed by atoms with van der Waals surface area (Å²) < 4.78 is 5.56. The summed E-state index contributed by atoms with van der Waals surface area (Å²) in [4.78, 5) is 0. The van der Waals surface area contributed by atoms with Crippen LogP contribution >= 0.6 is 12.0 Å². The molecule has 0 spiro atoms. The van der Waals surface area contributed by atoms with Gasteiger partial charge in [-0.2, -0.15) is 0 Å². The summed E-state index contributed by atoms with van der Waals surface area (Å²) in [5.41, 5.74) is 2.75. The van der Waals surface area contributed by atoms with Gasteiger partial charge in [-0.05, 0) is 24.0 Å². The Hall–Kier alpha value is -0.630. The Morgan fingerprint density at radius 1 is 1.36 bits per heavy atom. The number of rotatable bonds is 4. The zero-order chi connectivity index (χ0) is 10.6. The van der Waals surface area contributed by atoms with Gasteiger partial charge in [-0.1, -0.05) is 32.9 Å². The Morgan fingerprint density at radius 3 is 2.57 bits per heavy atom. The zero-order valence-corrected chi connectivity index (χ0v) is 10.1. The molecule has 0 N–H and O–H groups in total. The molecule has 1 aromatic rings. The van der Waals surface area contributed by atoms with Crippen molar-refractivity contribution in [1.82, 2.24) is 0 Å². The van der Waals surface area contributed by atoms with Gasteiger partial charge in [0.15, 0.2) is 0 Å². The molecule has 2 heteroatoms. The summed E-state index contributed by atoms with van der Waals surface area (Å²) in [5, 5.41) is 0. The lowest BCUT2D eigenvalue weighted by molar-refractivity contribution is 0.624. The molecular formula is C12H18OS. The molecule has 0 amide bonds. The van der Waals surface area contributed by atoms with E-state index >= 15 is 0 Å². The molecule has 0 aliphatic carbocycles. The summed E-state index contributed by atoms with van der Waals surface area (Å²) in [7, 11) is 0. The Morgan fingerprint density at radius 2 is 2.07 bits per heavy atom. The van der Waals surface area contributed by atoms with E-state index in [1.807, 2.05) is 12.3 Å². The molecule has 14 heavy (non-hydrogen) atoms. The molecule has 0 unspecified atom stereocenters. The van der Waals surface area contributed by atoms with Crippen molar-refractivity contribution < 1.29 is 4.18 Å². The molecule has 0 aliphatic heterocycles. The van der Waals surface area contributed by atoms with Crippen LogP contribution in [0.5, 0.6) is 5.75 Å². The molecule has 1 aromatic carbocycles. The minimum absolute atomic E-state index is 0.522. The Labute approximate surface area is 91.1 Å². The SMILES string of the molecule is CCc1cccc(OSC)c1C(C)C. The van der Waals surface area contributed by atoms with Gasteiger partial charge < -0.3 is 4.18 Å². The predicted molar refractivity (Wildman–Crippen MR) is 64.1 cm³/mol. The molecule has 1 nitrogen and oxygen atoms in total. The third kappa shape index (κ3) is 2.44. The van der Waals surface area contributed by atoms with E-state index in [1.165, 1.54) is 23.2 Å². The lowest BCUT2D eigenvalue weighted by Crippen LogP contribution is -1.98. The van der Waals surface area contributed by atoms with E-state index in [9.17, 15) is 0 Å². The van der Waals surface area contributed by atoms with Gasteiger partial charge >= 0.3 is 0 Å². The lowest BCUT2D eigenvalue weighted by Gasteiger charge is -2.15. The van der Waals surface area contributed by atoms with E-state index in [4.69, 9.17) is 4.18 Å².